The molecule has 0 unspecified atom stereocenters. The largest absolute Gasteiger partial charge is 0.353 e. The standard InChI is InChI=1S/C19H19N5OS/c25-19(22-18-21-14-16(26-18)15-6-2-1-3-7-15)24-12-10-23(11-13-24)17-8-4-5-9-20-17/h1-9,14H,10-13H2,(H,21,22,25). The van der Waals surface area contributed by atoms with Gasteiger partial charge in [0, 0.05) is 38.6 Å². The molecule has 1 fully saturated rings. The highest BCUT2D eigenvalue weighted by Gasteiger charge is 2.22. The summed E-state index contributed by atoms with van der Waals surface area (Å²) in [7, 11) is 0. The lowest BCUT2D eigenvalue weighted by Gasteiger charge is -2.35. The Labute approximate surface area is 156 Å². The molecule has 1 aromatic carbocycles. The average molecular weight is 365 g/mol. The van der Waals surface area contributed by atoms with Gasteiger partial charge in [0.1, 0.15) is 5.82 Å². The molecule has 1 aliphatic rings. The number of benzene rings is 1. The molecule has 0 atom stereocenters. The summed E-state index contributed by atoms with van der Waals surface area (Å²) in [5.41, 5.74) is 1.11. The molecule has 0 saturated carbocycles. The first-order chi connectivity index (χ1) is 12.8. The molecule has 0 aliphatic carbocycles. The molecule has 1 saturated heterocycles. The summed E-state index contributed by atoms with van der Waals surface area (Å²) in [5.74, 6) is 0.958. The summed E-state index contributed by atoms with van der Waals surface area (Å²) >= 11 is 1.49. The smallest absolute Gasteiger partial charge is 0.323 e. The monoisotopic (exact) mass is 365 g/mol. The van der Waals surface area contributed by atoms with E-state index < -0.39 is 0 Å². The third-order valence-corrected chi connectivity index (χ3v) is 5.28. The molecule has 0 bridgehead atoms. The van der Waals surface area contributed by atoms with Crippen LogP contribution in [0.15, 0.2) is 60.9 Å². The SMILES string of the molecule is O=C(Nc1ncc(-c2ccccc2)s1)N1CCN(c2ccccn2)CC1. The van der Waals surface area contributed by atoms with Gasteiger partial charge in [0.2, 0.25) is 0 Å². The van der Waals surface area contributed by atoms with Gasteiger partial charge in [-0.25, -0.2) is 14.8 Å². The van der Waals surface area contributed by atoms with Crippen molar-refractivity contribution in [1.29, 1.82) is 0 Å². The number of hydrogen-bond acceptors (Lipinski definition) is 5. The van der Waals surface area contributed by atoms with E-state index in [1.54, 1.807) is 12.4 Å². The van der Waals surface area contributed by atoms with E-state index in [2.05, 4.69) is 20.2 Å². The number of hydrogen-bond donors (Lipinski definition) is 1. The van der Waals surface area contributed by atoms with E-state index in [4.69, 9.17) is 0 Å². The molecule has 132 valence electrons. The van der Waals surface area contributed by atoms with Gasteiger partial charge in [0.15, 0.2) is 5.13 Å². The summed E-state index contributed by atoms with van der Waals surface area (Å²) < 4.78 is 0. The minimum absolute atomic E-state index is 0.0976. The minimum Gasteiger partial charge on any atom is -0.353 e. The summed E-state index contributed by atoms with van der Waals surface area (Å²) in [5, 5.41) is 3.54. The van der Waals surface area contributed by atoms with E-state index in [1.165, 1.54) is 11.3 Å². The van der Waals surface area contributed by atoms with Gasteiger partial charge in [-0.2, -0.15) is 0 Å². The Morgan fingerprint density at radius 2 is 1.73 bits per heavy atom. The van der Waals surface area contributed by atoms with E-state index >= 15 is 0 Å². The van der Waals surface area contributed by atoms with Crippen LogP contribution in [-0.2, 0) is 0 Å². The second kappa shape index (κ2) is 7.53. The first-order valence-corrected chi connectivity index (χ1v) is 9.34. The van der Waals surface area contributed by atoms with E-state index in [1.807, 2.05) is 53.4 Å². The van der Waals surface area contributed by atoms with Gasteiger partial charge >= 0.3 is 6.03 Å². The van der Waals surface area contributed by atoms with Crippen LogP contribution < -0.4 is 10.2 Å². The predicted octanol–water partition coefficient (Wildman–Crippen LogP) is 3.56. The molecule has 1 N–H and O–H groups in total. The van der Waals surface area contributed by atoms with Crippen LogP contribution in [0, 0.1) is 0 Å². The van der Waals surface area contributed by atoms with Crippen LogP contribution in [0.25, 0.3) is 10.4 Å². The zero-order chi connectivity index (χ0) is 17.8. The lowest BCUT2D eigenvalue weighted by molar-refractivity contribution is 0.208. The fraction of sp³-hybridized carbons (Fsp3) is 0.211. The second-order valence-corrected chi connectivity index (χ2v) is 7.02. The first-order valence-electron chi connectivity index (χ1n) is 8.53. The highest BCUT2D eigenvalue weighted by Crippen LogP contribution is 2.28. The third kappa shape index (κ3) is 3.67. The number of aromatic nitrogens is 2. The van der Waals surface area contributed by atoms with E-state index in [0.29, 0.717) is 18.2 Å². The minimum atomic E-state index is -0.0976. The highest BCUT2D eigenvalue weighted by molar-refractivity contribution is 7.19. The zero-order valence-corrected chi connectivity index (χ0v) is 15.0. The number of nitrogens with zero attached hydrogens (tertiary/aromatic N) is 4. The van der Waals surface area contributed by atoms with Gasteiger partial charge in [-0.1, -0.05) is 47.7 Å². The maximum absolute atomic E-state index is 12.5. The Kier molecular flexibility index (Phi) is 4.79. The van der Waals surface area contributed by atoms with Crippen LogP contribution in [0.4, 0.5) is 15.7 Å². The summed E-state index contributed by atoms with van der Waals surface area (Å²) in [6.45, 7) is 2.88. The molecule has 1 aliphatic heterocycles. The molecule has 2 amide bonds. The molecule has 2 aromatic heterocycles. The molecule has 7 heteroatoms. The van der Waals surface area contributed by atoms with Gasteiger partial charge in [-0.3, -0.25) is 5.32 Å². The topological polar surface area (TPSA) is 61.4 Å². The van der Waals surface area contributed by atoms with Crippen LogP contribution >= 0.6 is 11.3 Å². The third-order valence-electron chi connectivity index (χ3n) is 4.32. The molecule has 3 aromatic rings. The second-order valence-electron chi connectivity index (χ2n) is 5.99. The van der Waals surface area contributed by atoms with Crippen LogP contribution in [0.3, 0.4) is 0 Å². The van der Waals surface area contributed by atoms with Crippen molar-refractivity contribution < 1.29 is 4.79 Å². The number of thiazole rings is 1. The number of anilines is 2. The number of carbonyl (C=O) groups excluding carboxylic acids is 1. The molecular formula is C19H19N5OS. The Morgan fingerprint density at radius 1 is 0.962 bits per heavy atom. The molecular weight excluding hydrogens is 346 g/mol. The Bertz CT molecular complexity index is 860. The number of pyridine rings is 1. The van der Waals surface area contributed by atoms with Crippen molar-refractivity contribution in [2.45, 2.75) is 0 Å². The Morgan fingerprint density at radius 3 is 2.46 bits per heavy atom. The first kappa shape index (κ1) is 16.5. The molecule has 0 spiro atoms. The van der Waals surface area contributed by atoms with Crippen molar-refractivity contribution in [1.82, 2.24) is 14.9 Å². The number of piperazine rings is 1. The van der Waals surface area contributed by atoms with Crippen molar-refractivity contribution in [2.24, 2.45) is 0 Å². The lowest BCUT2D eigenvalue weighted by atomic mass is 10.2. The van der Waals surface area contributed by atoms with Gasteiger partial charge in [-0.15, -0.1) is 0 Å². The highest BCUT2D eigenvalue weighted by atomic mass is 32.1. The van der Waals surface area contributed by atoms with Crippen LogP contribution in [0.5, 0.6) is 0 Å². The van der Waals surface area contributed by atoms with Crippen molar-refractivity contribution >= 4 is 28.3 Å². The lowest BCUT2D eigenvalue weighted by Crippen LogP contribution is -2.50. The van der Waals surface area contributed by atoms with Gasteiger partial charge in [0.05, 0.1) is 4.88 Å². The number of nitrogens with one attached hydrogen (secondary N) is 1. The quantitative estimate of drug-likeness (QED) is 0.771. The average Bonchev–Trinajstić information content (AvgIpc) is 3.18. The van der Waals surface area contributed by atoms with Crippen LogP contribution in [-0.4, -0.2) is 47.1 Å². The van der Waals surface area contributed by atoms with Crippen molar-refractivity contribution in [3.63, 3.8) is 0 Å². The fourth-order valence-electron chi connectivity index (χ4n) is 2.92. The molecule has 4 rings (SSSR count). The Hall–Kier alpha value is -2.93. The maximum Gasteiger partial charge on any atom is 0.323 e. The van der Waals surface area contributed by atoms with Gasteiger partial charge in [-0.05, 0) is 17.7 Å². The van der Waals surface area contributed by atoms with Crippen LogP contribution in [0.2, 0.25) is 0 Å². The van der Waals surface area contributed by atoms with Crippen molar-refractivity contribution in [3.05, 3.63) is 60.9 Å². The maximum atomic E-state index is 12.5. The molecule has 26 heavy (non-hydrogen) atoms. The predicted molar refractivity (Wildman–Crippen MR) is 105 cm³/mol. The van der Waals surface area contributed by atoms with Crippen LogP contribution in [0.1, 0.15) is 0 Å². The molecule has 0 radical (unpaired) electrons. The summed E-state index contributed by atoms with van der Waals surface area (Å²) in [6, 6.07) is 15.8. The summed E-state index contributed by atoms with van der Waals surface area (Å²) in [6.07, 6.45) is 3.59. The van der Waals surface area contributed by atoms with E-state index in [-0.39, 0.29) is 6.03 Å². The van der Waals surface area contributed by atoms with E-state index in [9.17, 15) is 4.79 Å². The zero-order valence-electron chi connectivity index (χ0n) is 14.2. The van der Waals surface area contributed by atoms with E-state index in [0.717, 1.165) is 29.3 Å². The van der Waals surface area contributed by atoms with Crippen molar-refractivity contribution in [3.8, 4) is 10.4 Å². The molecule has 6 nitrogen and oxygen atoms in total. The number of carbonyl (C=O) groups is 1. The summed E-state index contributed by atoms with van der Waals surface area (Å²) in [4.78, 5) is 26.3. The number of urea groups is 1. The van der Waals surface area contributed by atoms with Crippen molar-refractivity contribution in [2.75, 3.05) is 36.4 Å². The Balaban J connectivity index is 1.34. The fourth-order valence-corrected chi connectivity index (χ4v) is 3.73. The van der Waals surface area contributed by atoms with Gasteiger partial charge in [0.25, 0.3) is 0 Å². The number of rotatable bonds is 3. The normalized spacial score (nSPS) is 14.3. The van der Waals surface area contributed by atoms with Gasteiger partial charge < -0.3 is 9.80 Å². The molecule has 3 heterocycles. The number of amides is 2.